The van der Waals surface area contributed by atoms with Crippen LogP contribution in [-0.4, -0.2) is 16.7 Å². The van der Waals surface area contributed by atoms with Crippen LogP contribution in [0.1, 0.15) is 5.56 Å². The van der Waals surface area contributed by atoms with Crippen molar-refractivity contribution in [2.24, 2.45) is 0 Å². The molecule has 0 amide bonds. The number of hydrogen-bond acceptors (Lipinski definition) is 5. The minimum Gasteiger partial charge on any atom is -0.390 e. The molecule has 17 heavy (non-hydrogen) atoms. The topological polar surface area (TPSA) is 77.0 Å². The molecule has 7 heteroatoms. The van der Waals surface area contributed by atoms with Crippen LogP contribution in [0.5, 0.6) is 0 Å². The van der Waals surface area contributed by atoms with Crippen LogP contribution in [0, 0.1) is 11.6 Å². The van der Waals surface area contributed by atoms with Gasteiger partial charge in [0.2, 0.25) is 0 Å². The quantitative estimate of drug-likeness (QED) is 0.848. The molecule has 0 aliphatic rings. The third-order valence-corrected chi connectivity index (χ3v) is 2.05. The van der Waals surface area contributed by atoms with Crippen molar-refractivity contribution in [2.75, 3.05) is 17.6 Å². The Hall–Kier alpha value is -2.18. The van der Waals surface area contributed by atoms with Crippen molar-refractivity contribution in [3.8, 4) is 0 Å². The number of nitrogens with one attached hydrogen (secondary N) is 1. The molecule has 0 saturated heterocycles. The van der Waals surface area contributed by atoms with Gasteiger partial charge in [-0.05, 0) is 24.1 Å². The number of benzene rings is 1. The molecule has 0 aliphatic carbocycles. The number of nitrogens with zero attached hydrogens (tertiary/aromatic N) is 2. The molecule has 0 fully saturated rings. The minimum atomic E-state index is -0.595. The van der Waals surface area contributed by atoms with Crippen LogP contribution in [0.2, 0.25) is 0 Å². The zero-order valence-corrected chi connectivity index (χ0v) is 8.78. The average molecular weight is 240 g/mol. The van der Waals surface area contributed by atoms with Crippen molar-refractivity contribution in [3.63, 3.8) is 0 Å². The number of hydrogen-bond donors (Lipinski definition) is 2. The highest BCUT2D eigenvalue weighted by Crippen LogP contribution is 2.10. The Morgan fingerprint density at radius 2 is 1.88 bits per heavy atom. The number of rotatable bonds is 4. The standard InChI is InChI=1S/C10H10F2N4O/c11-7-3-6(4-8(12)5-7)1-2-14-10-16-15-9(13)17-10/h3-5H,1-2H2,(H2,13,15)(H,14,16). The van der Waals surface area contributed by atoms with Gasteiger partial charge in [-0.3, -0.25) is 0 Å². The van der Waals surface area contributed by atoms with Crippen LogP contribution >= 0.6 is 0 Å². The predicted molar refractivity (Wildman–Crippen MR) is 57.3 cm³/mol. The lowest BCUT2D eigenvalue weighted by Gasteiger charge is -2.02. The molecule has 0 saturated carbocycles. The van der Waals surface area contributed by atoms with E-state index < -0.39 is 11.6 Å². The van der Waals surface area contributed by atoms with E-state index in [4.69, 9.17) is 10.2 Å². The molecule has 0 unspecified atom stereocenters. The van der Waals surface area contributed by atoms with Gasteiger partial charge in [0.1, 0.15) is 11.6 Å². The third-order valence-electron chi connectivity index (χ3n) is 2.05. The minimum absolute atomic E-state index is 0.0377. The van der Waals surface area contributed by atoms with E-state index >= 15 is 0 Å². The Morgan fingerprint density at radius 3 is 2.47 bits per heavy atom. The molecule has 1 aromatic heterocycles. The number of halogens is 2. The fourth-order valence-corrected chi connectivity index (χ4v) is 1.38. The van der Waals surface area contributed by atoms with Gasteiger partial charge in [0.05, 0.1) is 0 Å². The molecule has 90 valence electrons. The van der Waals surface area contributed by atoms with Crippen molar-refractivity contribution in [1.82, 2.24) is 10.2 Å². The van der Waals surface area contributed by atoms with Gasteiger partial charge < -0.3 is 15.5 Å². The molecule has 2 aromatic rings. The summed E-state index contributed by atoms with van der Waals surface area (Å²) in [5.74, 6) is -1.19. The molecule has 0 radical (unpaired) electrons. The average Bonchev–Trinajstić information content (AvgIpc) is 2.63. The number of nitrogens with two attached hydrogens (primary N) is 1. The number of nitrogen functional groups attached to an aromatic ring is 1. The first kappa shape index (κ1) is 11.3. The number of aromatic nitrogens is 2. The molecular formula is C10H10F2N4O. The van der Waals surface area contributed by atoms with Crippen molar-refractivity contribution < 1.29 is 13.2 Å². The van der Waals surface area contributed by atoms with Gasteiger partial charge >= 0.3 is 12.0 Å². The van der Waals surface area contributed by atoms with Gasteiger partial charge in [-0.1, -0.05) is 10.2 Å². The third kappa shape index (κ3) is 3.13. The van der Waals surface area contributed by atoms with Crippen LogP contribution in [0.3, 0.4) is 0 Å². The van der Waals surface area contributed by atoms with Crippen LogP contribution in [-0.2, 0) is 6.42 Å². The van der Waals surface area contributed by atoms with Gasteiger partial charge in [0.25, 0.3) is 0 Å². The monoisotopic (exact) mass is 240 g/mol. The summed E-state index contributed by atoms with van der Waals surface area (Å²) in [5.41, 5.74) is 5.77. The summed E-state index contributed by atoms with van der Waals surface area (Å²) in [6.07, 6.45) is 0.428. The van der Waals surface area contributed by atoms with E-state index in [0.717, 1.165) is 6.07 Å². The summed E-state index contributed by atoms with van der Waals surface area (Å²) in [6, 6.07) is 3.51. The molecule has 0 aliphatic heterocycles. The van der Waals surface area contributed by atoms with Gasteiger partial charge in [0.15, 0.2) is 0 Å². The summed E-state index contributed by atoms with van der Waals surface area (Å²) in [6.45, 7) is 0.407. The van der Waals surface area contributed by atoms with E-state index in [0.29, 0.717) is 18.5 Å². The largest absolute Gasteiger partial charge is 0.390 e. The zero-order valence-electron chi connectivity index (χ0n) is 8.78. The fourth-order valence-electron chi connectivity index (χ4n) is 1.38. The Bertz CT molecular complexity index is 495. The van der Waals surface area contributed by atoms with Crippen molar-refractivity contribution in [1.29, 1.82) is 0 Å². The van der Waals surface area contributed by atoms with Crippen molar-refractivity contribution >= 4 is 12.0 Å². The summed E-state index contributed by atoms with van der Waals surface area (Å²) in [5, 5.41) is 9.82. The lowest BCUT2D eigenvalue weighted by Crippen LogP contribution is -2.05. The molecular weight excluding hydrogens is 230 g/mol. The smallest absolute Gasteiger partial charge is 0.316 e. The van der Waals surface area contributed by atoms with Crippen LogP contribution in [0.15, 0.2) is 22.6 Å². The summed E-state index contributed by atoms with van der Waals surface area (Å²) in [4.78, 5) is 0. The van der Waals surface area contributed by atoms with Crippen LogP contribution in [0.4, 0.5) is 20.8 Å². The maximum atomic E-state index is 12.9. The van der Waals surface area contributed by atoms with E-state index in [1.165, 1.54) is 12.1 Å². The Morgan fingerprint density at radius 1 is 1.18 bits per heavy atom. The maximum absolute atomic E-state index is 12.9. The van der Waals surface area contributed by atoms with E-state index in [-0.39, 0.29) is 12.0 Å². The van der Waals surface area contributed by atoms with Crippen LogP contribution < -0.4 is 11.1 Å². The van der Waals surface area contributed by atoms with Crippen molar-refractivity contribution in [2.45, 2.75) is 6.42 Å². The first-order valence-corrected chi connectivity index (χ1v) is 4.91. The van der Waals surface area contributed by atoms with Gasteiger partial charge in [0, 0.05) is 12.6 Å². The molecule has 3 N–H and O–H groups in total. The molecule has 1 heterocycles. The van der Waals surface area contributed by atoms with Gasteiger partial charge in [-0.25, -0.2) is 8.78 Å². The highest BCUT2D eigenvalue weighted by molar-refractivity contribution is 5.24. The fraction of sp³-hybridized carbons (Fsp3) is 0.200. The van der Waals surface area contributed by atoms with Crippen LogP contribution in [0.25, 0.3) is 0 Å². The van der Waals surface area contributed by atoms with E-state index in [9.17, 15) is 8.78 Å². The second-order valence-electron chi connectivity index (χ2n) is 3.40. The van der Waals surface area contributed by atoms with E-state index in [1.807, 2.05) is 0 Å². The Kier molecular flexibility index (Phi) is 3.17. The Labute approximate surface area is 95.6 Å². The second kappa shape index (κ2) is 4.77. The first-order chi connectivity index (χ1) is 8.13. The normalized spacial score (nSPS) is 10.5. The lowest BCUT2D eigenvalue weighted by molar-refractivity contribution is 0.578. The van der Waals surface area contributed by atoms with Gasteiger partial charge in [-0.2, -0.15) is 0 Å². The SMILES string of the molecule is Nc1nnc(NCCc2cc(F)cc(F)c2)o1. The Balaban J connectivity index is 1.89. The lowest BCUT2D eigenvalue weighted by atomic mass is 10.1. The molecule has 0 bridgehead atoms. The van der Waals surface area contributed by atoms with Crippen molar-refractivity contribution in [3.05, 3.63) is 35.4 Å². The molecule has 5 nitrogen and oxygen atoms in total. The number of anilines is 2. The summed E-state index contributed by atoms with van der Waals surface area (Å²) >= 11 is 0. The second-order valence-corrected chi connectivity index (χ2v) is 3.40. The zero-order chi connectivity index (χ0) is 12.3. The first-order valence-electron chi connectivity index (χ1n) is 4.91. The predicted octanol–water partition coefficient (Wildman–Crippen LogP) is 1.58. The maximum Gasteiger partial charge on any atom is 0.316 e. The molecule has 1 aromatic carbocycles. The van der Waals surface area contributed by atoms with Gasteiger partial charge in [-0.15, -0.1) is 0 Å². The summed E-state index contributed by atoms with van der Waals surface area (Å²) in [7, 11) is 0. The molecule has 0 spiro atoms. The van der Waals surface area contributed by atoms with E-state index in [1.54, 1.807) is 0 Å². The highest BCUT2D eigenvalue weighted by Gasteiger charge is 2.03. The molecule has 0 atom stereocenters. The highest BCUT2D eigenvalue weighted by atomic mass is 19.1. The summed E-state index contributed by atoms with van der Waals surface area (Å²) < 4.78 is 30.6. The molecule has 2 rings (SSSR count). The van der Waals surface area contributed by atoms with E-state index in [2.05, 4.69) is 15.5 Å².